The quantitative estimate of drug-likeness (QED) is 0.478. The minimum absolute atomic E-state index is 0.0285. The number of nitrogens with zero attached hydrogens (tertiary/aromatic N) is 1. The fourth-order valence-electron chi connectivity index (χ4n) is 4.36. The van der Waals surface area contributed by atoms with Crippen molar-refractivity contribution in [2.45, 2.75) is 51.4 Å². The van der Waals surface area contributed by atoms with E-state index in [1.807, 2.05) is 24.3 Å². The SMILES string of the molecule is CCCCCCN1C(=O)C2C(C1=O)C2(CC)c1cccc(N)c1. The monoisotopic (exact) mass is 314 g/mol. The van der Waals surface area contributed by atoms with Gasteiger partial charge in [0.25, 0.3) is 0 Å². The minimum Gasteiger partial charge on any atom is -0.399 e. The standard InChI is InChI=1S/C19H26N2O2/c1-3-5-6-7-11-21-17(22)15-16(18(21)23)19(15,4-2)13-9-8-10-14(20)12-13/h8-10,12,15-16H,3-7,11,20H2,1-2H3. The molecule has 4 nitrogen and oxygen atoms in total. The van der Waals surface area contributed by atoms with E-state index < -0.39 is 0 Å². The zero-order valence-electron chi connectivity index (χ0n) is 14.0. The molecule has 2 fully saturated rings. The molecule has 0 spiro atoms. The number of carbonyl (C=O) groups is 2. The average Bonchev–Trinajstić information content (AvgIpc) is 3.17. The number of nitrogen functional groups attached to an aromatic ring is 1. The maximum Gasteiger partial charge on any atom is 0.234 e. The van der Waals surface area contributed by atoms with E-state index in [1.54, 1.807) is 0 Å². The first kappa shape index (κ1) is 16.0. The highest BCUT2D eigenvalue weighted by Gasteiger charge is 2.76. The first-order valence-corrected chi connectivity index (χ1v) is 8.79. The van der Waals surface area contributed by atoms with Crippen LogP contribution in [-0.4, -0.2) is 23.3 Å². The second kappa shape index (κ2) is 5.99. The lowest BCUT2D eigenvalue weighted by molar-refractivity contribution is -0.142. The summed E-state index contributed by atoms with van der Waals surface area (Å²) in [5.74, 6) is -0.289. The van der Waals surface area contributed by atoms with E-state index in [4.69, 9.17) is 5.73 Å². The predicted octanol–water partition coefficient (Wildman–Crippen LogP) is 3.11. The Balaban J connectivity index is 1.76. The molecular formula is C19H26N2O2. The van der Waals surface area contributed by atoms with Gasteiger partial charge in [-0.3, -0.25) is 14.5 Å². The average molecular weight is 314 g/mol. The lowest BCUT2D eigenvalue weighted by Gasteiger charge is -2.25. The van der Waals surface area contributed by atoms with Crippen LogP contribution in [0.25, 0.3) is 0 Å². The number of anilines is 1. The largest absolute Gasteiger partial charge is 0.399 e. The van der Waals surface area contributed by atoms with Crippen LogP contribution in [0.4, 0.5) is 5.69 Å². The molecule has 4 heteroatoms. The number of fused-ring (bicyclic) bond motifs is 1. The normalized spacial score (nSPS) is 29.0. The molecule has 0 bridgehead atoms. The van der Waals surface area contributed by atoms with Gasteiger partial charge in [-0.1, -0.05) is 45.2 Å². The third-order valence-corrected chi connectivity index (χ3v) is 5.64. The molecule has 124 valence electrons. The van der Waals surface area contributed by atoms with Crippen LogP contribution in [0.2, 0.25) is 0 Å². The molecule has 1 aromatic carbocycles. The fraction of sp³-hybridized carbons (Fsp3) is 0.579. The van der Waals surface area contributed by atoms with Gasteiger partial charge in [0, 0.05) is 17.6 Å². The summed E-state index contributed by atoms with van der Waals surface area (Å²) in [6, 6.07) is 7.68. The highest BCUT2D eigenvalue weighted by molar-refractivity contribution is 6.11. The summed E-state index contributed by atoms with van der Waals surface area (Å²) in [7, 11) is 0. The van der Waals surface area contributed by atoms with Gasteiger partial charge in [-0.05, 0) is 30.5 Å². The molecule has 2 unspecified atom stereocenters. The predicted molar refractivity (Wildman–Crippen MR) is 90.7 cm³/mol. The number of hydrogen-bond donors (Lipinski definition) is 1. The molecule has 1 saturated heterocycles. The van der Waals surface area contributed by atoms with Crippen molar-refractivity contribution in [1.82, 2.24) is 4.90 Å². The first-order chi connectivity index (χ1) is 11.1. The number of hydrogen-bond acceptors (Lipinski definition) is 3. The summed E-state index contributed by atoms with van der Waals surface area (Å²) < 4.78 is 0. The van der Waals surface area contributed by atoms with Crippen LogP contribution in [0.5, 0.6) is 0 Å². The molecule has 2 amide bonds. The number of nitrogens with two attached hydrogens (primary N) is 1. The minimum atomic E-state index is -0.316. The summed E-state index contributed by atoms with van der Waals surface area (Å²) in [5.41, 5.74) is 7.32. The third kappa shape index (κ3) is 2.35. The number of benzene rings is 1. The van der Waals surface area contributed by atoms with Gasteiger partial charge in [-0.25, -0.2) is 0 Å². The molecule has 1 heterocycles. The maximum absolute atomic E-state index is 12.7. The van der Waals surface area contributed by atoms with Crippen molar-refractivity contribution < 1.29 is 9.59 Å². The van der Waals surface area contributed by atoms with E-state index >= 15 is 0 Å². The van der Waals surface area contributed by atoms with Crippen LogP contribution < -0.4 is 5.73 Å². The Kier molecular flexibility index (Phi) is 4.17. The second-order valence-electron chi connectivity index (χ2n) is 6.86. The number of rotatable bonds is 7. The molecule has 1 saturated carbocycles. The smallest absolute Gasteiger partial charge is 0.234 e. The van der Waals surface area contributed by atoms with Crippen molar-refractivity contribution in [1.29, 1.82) is 0 Å². The molecule has 0 aromatic heterocycles. The molecule has 0 radical (unpaired) electrons. The van der Waals surface area contributed by atoms with Gasteiger partial charge in [0.15, 0.2) is 0 Å². The van der Waals surface area contributed by atoms with Crippen LogP contribution in [0.1, 0.15) is 51.5 Å². The third-order valence-electron chi connectivity index (χ3n) is 5.64. The Bertz CT molecular complexity index is 604. The Morgan fingerprint density at radius 3 is 2.35 bits per heavy atom. The Morgan fingerprint density at radius 1 is 1.09 bits per heavy atom. The van der Waals surface area contributed by atoms with E-state index in [0.717, 1.165) is 37.7 Å². The summed E-state index contributed by atoms with van der Waals surface area (Å²) in [4.78, 5) is 27.0. The van der Waals surface area contributed by atoms with E-state index in [1.165, 1.54) is 4.90 Å². The van der Waals surface area contributed by atoms with Crippen molar-refractivity contribution in [2.75, 3.05) is 12.3 Å². The molecule has 1 aromatic rings. The van der Waals surface area contributed by atoms with Gasteiger partial charge in [0.2, 0.25) is 11.8 Å². The summed E-state index contributed by atoms with van der Waals surface area (Å²) >= 11 is 0. The van der Waals surface area contributed by atoms with Gasteiger partial charge >= 0.3 is 0 Å². The molecule has 1 aliphatic heterocycles. The number of unbranched alkanes of at least 4 members (excludes halogenated alkanes) is 3. The van der Waals surface area contributed by atoms with Gasteiger partial charge in [0.1, 0.15) is 0 Å². The molecule has 2 N–H and O–H groups in total. The summed E-state index contributed by atoms with van der Waals surface area (Å²) in [5, 5.41) is 0. The van der Waals surface area contributed by atoms with Crippen LogP contribution in [-0.2, 0) is 15.0 Å². The topological polar surface area (TPSA) is 63.4 Å². The van der Waals surface area contributed by atoms with Crippen LogP contribution in [0.15, 0.2) is 24.3 Å². The lowest BCUT2D eigenvalue weighted by Crippen LogP contribution is -2.39. The molecule has 3 rings (SSSR count). The number of carbonyl (C=O) groups excluding carboxylic acids is 2. The Hall–Kier alpha value is -1.84. The van der Waals surface area contributed by atoms with Crippen molar-refractivity contribution in [3.8, 4) is 0 Å². The number of piperidine rings is 1. The zero-order valence-corrected chi connectivity index (χ0v) is 14.0. The number of likely N-dealkylation sites (tertiary alicyclic amines) is 1. The summed E-state index contributed by atoms with van der Waals surface area (Å²) in [6.45, 7) is 4.80. The van der Waals surface area contributed by atoms with Gasteiger partial charge in [-0.2, -0.15) is 0 Å². The van der Waals surface area contributed by atoms with Crippen LogP contribution in [0, 0.1) is 11.8 Å². The van der Waals surface area contributed by atoms with Crippen molar-refractivity contribution in [3.05, 3.63) is 29.8 Å². The second-order valence-corrected chi connectivity index (χ2v) is 6.86. The summed E-state index contributed by atoms with van der Waals surface area (Å²) in [6.07, 6.45) is 5.11. The molecule has 2 aliphatic rings. The highest BCUT2D eigenvalue weighted by Crippen LogP contribution is 2.66. The van der Waals surface area contributed by atoms with E-state index in [2.05, 4.69) is 13.8 Å². The van der Waals surface area contributed by atoms with Crippen LogP contribution in [0.3, 0.4) is 0 Å². The van der Waals surface area contributed by atoms with Gasteiger partial charge < -0.3 is 5.73 Å². The van der Waals surface area contributed by atoms with E-state index in [-0.39, 0.29) is 29.1 Å². The number of amides is 2. The Morgan fingerprint density at radius 2 is 1.78 bits per heavy atom. The van der Waals surface area contributed by atoms with Gasteiger partial charge in [-0.15, -0.1) is 0 Å². The Labute approximate surface area is 138 Å². The lowest BCUT2D eigenvalue weighted by atomic mass is 9.87. The van der Waals surface area contributed by atoms with Crippen molar-refractivity contribution in [2.24, 2.45) is 11.8 Å². The molecule has 23 heavy (non-hydrogen) atoms. The first-order valence-electron chi connectivity index (χ1n) is 8.79. The molecule has 1 aliphatic carbocycles. The van der Waals surface area contributed by atoms with E-state index in [9.17, 15) is 9.59 Å². The van der Waals surface area contributed by atoms with Crippen molar-refractivity contribution >= 4 is 17.5 Å². The highest BCUT2D eigenvalue weighted by atomic mass is 16.2. The number of imide groups is 1. The molecular weight excluding hydrogens is 288 g/mol. The van der Waals surface area contributed by atoms with E-state index in [0.29, 0.717) is 12.2 Å². The zero-order chi connectivity index (χ0) is 16.6. The van der Waals surface area contributed by atoms with Crippen LogP contribution >= 0.6 is 0 Å². The van der Waals surface area contributed by atoms with Gasteiger partial charge in [0.05, 0.1) is 11.8 Å². The maximum atomic E-state index is 12.7. The molecule has 2 atom stereocenters. The van der Waals surface area contributed by atoms with Crippen molar-refractivity contribution in [3.63, 3.8) is 0 Å². The fourth-order valence-corrected chi connectivity index (χ4v) is 4.36.